The van der Waals surface area contributed by atoms with Crippen molar-refractivity contribution in [2.45, 2.75) is 19.6 Å². The molecule has 0 saturated carbocycles. The molecule has 2 rings (SSSR count). The zero-order valence-electron chi connectivity index (χ0n) is 14.1. The first-order chi connectivity index (χ1) is 10.9. The molecule has 0 bridgehead atoms. The van der Waals surface area contributed by atoms with E-state index in [0.29, 0.717) is 19.7 Å². The van der Waals surface area contributed by atoms with Crippen molar-refractivity contribution in [3.05, 3.63) is 29.3 Å². The van der Waals surface area contributed by atoms with Crippen molar-refractivity contribution in [3.63, 3.8) is 0 Å². The Kier molecular flexibility index (Phi) is 6.41. The van der Waals surface area contributed by atoms with E-state index in [1.807, 2.05) is 6.07 Å². The SMILES string of the molecule is COCc1cc(CN2CCCN(S(C)(=O)=O)CC2)ccc1OC. The van der Waals surface area contributed by atoms with E-state index in [1.165, 1.54) is 11.8 Å². The molecule has 0 spiro atoms. The molecule has 0 amide bonds. The summed E-state index contributed by atoms with van der Waals surface area (Å²) in [6.07, 6.45) is 2.14. The second-order valence-electron chi connectivity index (χ2n) is 5.87. The number of nitrogens with zero attached hydrogens (tertiary/aromatic N) is 2. The fourth-order valence-electron chi connectivity index (χ4n) is 2.89. The maximum Gasteiger partial charge on any atom is 0.211 e. The van der Waals surface area contributed by atoms with Crippen molar-refractivity contribution in [2.75, 3.05) is 46.7 Å². The molecule has 0 aliphatic carbocycles. The monoisotopic (exact) mass is 342 g/mol. The normalized spacial score (nSPS) is 17.9. The van der Waals surface area contributed by atoms with Crippen LogP contribution in [0.4, 0.5) is 0 Å². The Bertz CT molecular complexity index is 619. The summed E-state index contributed by atoms with van der Waals surface area (Å²) in [5.74, 6) is 0.828. The van der Waals surface area contributed by atoms with E-state index >= 15 is 0 Å². The zero-order valence-corrected chi connectivity index (χ0v) is 14.9. The number of hydrogen-bond acceptors (Lipinski definition) is 5. The molecule has 0 aromatic heterocycles. The van der Waals surface area contributed by atoms with Crippen LogP contribution in [0.25, 0.3) is 0 Å². The van der Waals surface area contributed by atoms with Gasteiger partial charge in [-0.3, -0.25) is 4.90 Å². The smallest absolute Gasteiger partial charge is 0.211 e. The molecule has 0 atom stereocenters. The van der Waals surface area contributed by atoms with Crippen LogP contribution in [0.15, 0.2) is 18.2 Å². The van der Waals surface area contributed by atoms with Crippen LogP contribution >= 0.6 is 0 Å². The van der Waals surface area contributed by atoms with Crippen molar-refractivity contribution in [2.24, 2.45) is 0 Å². The summed E-state index contributed by atoms with van der Waals surface area (Å²) in [4.78, 5) is 2.30. The summed E-state index contributed by atoms with van der Waals surface area (Å²) in [6.45, 7) is 4.13. The van der Waals surface area contributed by atoms with E-state index in [9.17, 15) is 8.42 Å². The minimum absolute atomic E-state index is 0.513. The van der Waals surface area contributed by atoms with Gasteiger partial charge in [0.25, 0.3) is 0 Å². The first-order valence-corrected chi connectivity index (χ1v) is 9.61. The van der Waals surface area contributed by atoms with Crippen LogP contribution in [0.2, 0.25) is 0 Å². The van der Waals surface area contributed by atoms with Crippen LogP contribution in [-0.2, 0) is 27.9 Å². The van der Waals surface area contributed by atoms with Gasteiger partial charge in [-0.2, -0.15) is 0 Å². The van der Waals surface area contributed by atoms with Crippen molar-refractivity contribution in [1.29, 1.82) is 0 Å². The van der Waals surface area contributed by atoms with Gasteiger partial charge < -0.3 is 9.47 Å². The quantitative estimate of drug-likeness (QED) is 0.780. The maximum atomic E-state index is 11.7. The van der Waals surface area contributed by atoms with E-state index in [-0.39, 0.29) is 0 Å². The topological polar surface area (TPSA) is 59.1 Å². The second-order valence-corrected chi connectivity index (χ2v) is 7.85. The average Bonchev–Trinajstić information content (AvgIpc) is 2.73. The Morgan fingerprint density at radius 3 is 2.57 bits per heavy atom. The van der Waals surface area contributed by atoms with Crippen LogP contribution in [0.5, 0.6) is 5.75 Å². The highest BCUT2D eigenvalue weighted by atomic mass is 32.2. The van der Waals surface area contributed by atoms with E-state index in [4.69, 9.17) is 9.47 Å². The Hall–Kier alpha value is -1.15. The summed E-state index contributed by atoms with van der Waals surface area (Å²) in [5, 5.41) is 0. The van der Waals surface area contributed by atoms with Gasteiger partial charge in [0.2, 0.25) is 10.0 Å². The van der Waals surface area contributed by atoms with Gasteiger partial charge in [-0.05, 0) is 30.7 Å². The summed E-state index contributed by atoms with van der Waals surface area (Å²) in [5.41, 5.74) is 2.21. The van der Waals surface area contributed by atoms with E-state index in [2.05, 4.69) is 17.0 Å². The van der Waals surface area contributed by atoms with Gasteiger partial charge in [-0.1, -0.05) is 6.07 Å². The van der Waals surface area contributed by atoms with Crippen LogP contribution in [0.3, 0.4) is 0 Å². The Morgan fingerprint density at radius 1 is 1.13 bits per heavy atom. The van der Waals surface area contributed by atoms with Gasteiger partial charge in [0.05, 0.1) is 20.0 Å². The fourth-order valence-corrected chi connectivity index (χ4v) is 3.77. The molecular weight excluding hydrogens is 316 g/mol. The number of rotatable bonds is 6. The van der Waals surface area contributed by atoms with Crippen LogP contribution in [-0.4, -0.2) is 64.3 Å². The van der Waals surface area contributed by atoms with Gasteiger partial charge >= 0.3 is 0 Å². The van der Waals surface area contributed by atoms with Gasteiger partial charge in [-0.25, -0.2) is 12.7 Å². The molecule has 0 unspecified atom stereocenters. The molecule has 0 N–H and O–H groups in total. The number of sulfonamides is 1. The maximum absolute atomic E-state index is 11.7. The van der Waals surface area contributed by atoms with E-state index < -0.39 is 10.0 Å². The minimum Gasteiger partial charge on any atom is -0.496 e. The van der Waals surface area contributed by atoms with Crippen LogP contribution in [0.1, 0.15) is 17.5 Å². The summed E-state index contributed by atoms with van der Waals surface area (Å²) < 4.78 is 35.5. The van der Waals surface area contributed by atoms with Gasteiger partial charge in [0.1, 0.15) is 5.75 Å². The number of benzene rings is 1. The Morgan fingerprint density at radius 2 is 1.91 bits per heavy atom. The predicted octanol–water partition coefficient (Wildman–Crippen LogP) is 1.31. The minimum atomic E-state index is -3.09. The largest absolute Gasteiger partial charge is 0.496 e. The van der Waals surface area contributed by atoms with Crippen molar-refractivity contribution >= 4 is 10.0 Å². The molecule has 130 valence electrons. The summed E-state index contributed by atoms with van der Waals surface area (Å²) >= 11 is 0. The molecule has 1 aliphatic heterocycles. The van der Waals surface area contributed by atoms with Crippen molar-refractivity contribution < 1.29 is 17.9 Å². The Balaban J connectivity index is 2.03. The lowest BCUT2D eigenvalue weighted by Crippen LogP contribution is -2.34. The highest BCUT2D eigenvalue weighted by Crippen LogP contribution is 2.22. The lowest BCUT2D eigenvalue weighted by Gasteiger charge is -2.21. The number of hydrogen-bond donors (Lipinski definition) is 0. The van der Waals surface area contributed by atoms with Gasteiger partial charge in [0, 0.05) is 38.9 Å². The molecule has 1 aromatic carbocycles. The van der Waals surface area contributed by atoms with Crippen LogP contribution < -0.4 is 4.74 Å². The lowest BCUT2D eigenvalue weighted by atomic mass is 10.1. The molecule has 6 nitrogen and oxygen atoms in total. The summed E-state index contributed by atoms with van der Waals surface area (Å²) in [7, 11) is 0.228. The van der Waals surface area contributed by atoms with Crippen molar-refractivity contribution in [3.8, 4) is 5.75 Å². The molecule has 1 aromatic rings. The fraction of sp³-hybridized carbons (Fsp3) is 0.625. The van der Waals surface area contributed by atoms with Crippen LogP contribution in [0, 0.1) is 0 Å². The molecule has 0 radical (unpaired) electrons. The first-order valence-electron chi connectivity index (χ1n) is 7.76. The Labute approximate surface area is 139 Å². The zero-order chi connectivity index (χ0) is 16.9. The number of methoxy groups -OCH3 is 2. The second kappa shape index (κ2) is 8.10. The molecule has 23 heavy (non-hydrogen) atoms. The highest BCUT2D eigenvalue weighted by Gasteiger charge is 2.21. The number of ether oxygens (including phenoxy) is 2. The highest BCUT2D eigenvalue weighted by molar-refractivity contribution is 7.88. The third-order valence-electron chi connectivity index (χ3n) is 4.07. The molecule has 7 heteroatoms. The third-order valence-corrected chi connectivity index (χ3v) is 5.37. The molecule has 1 heterocycles. The average molecular weight is 342 g/mol. The van der Waals surface area contributed by atoms with E-state index in [1.54, 1.807) is 18.5 Å². The van der Waals surface area contributed by atoms with Gasteiger partial charge in [0.15, 0.2) is 0 Å². The lowest BCUT2D eigenvalue weighted by molar-refractivity contribution is 0.181. The standard InChI is InChI=1S/C16H26N2O4S/c1-21-13-15-11-14(5-6-16(15)22-2)12-17-7-4-8-18(10-9-17)23(3,19)20/h5-6,11H,4,7-10,12-13H2,1-3H3. The van der Waals surface area contributed by atoms with Gasteiger partial charge in [-0.15, -0.1) is 0 Å². The summed E-state index contributed by atoms with van der Waals surface area (Å²) in [6, 6.07) is 6.11. The molecule has 1 fully saturated rings. The van der Waals surface area contributed by atoms with E-state index in [0.717, 1.165) is 37.4 Å². The molecule has 1 saturated heterocycles. The first kappa shape index (κ1) is 18.2. The molecule has 1 aliphatic rings. The third kappa shape index (κ3) is 5.17. The van der Waals surface area contributed by atoms with Crippen molar-refractivity contribution in [1.82, 2.24) is 9.21 Å². The predicted molar refractivity (Wildman–Crippen MR) is 90.0 cm³/mol. The molecular formula is C16H26N2O4S.